The number of imidazole rings is 1. The third kappa shape index (κ3) is 5.07. The molecule has 1 aliphatic heterocycles. The lowest BCUT2D eigenvalue weighted by molar-refractivity contribution is -0.124. The summed E-state index contributed by atoms with van der Waals surface area (Å²) in [6.45, 7) is 8.83. The molecule has 1 saturated heterocycles. The van der Waals surface area contributed by atoms with Crippen LogP contribution in [0.1, 0.15) is 44.0 Å². The van der Waals surface area contributed by atoms with E-state index >= 15 is 0 Å². The van der Waals surface area contributed by atoms with Gasteiger partial charge in [0.1, 0.15) is 5.82 Å². The maximum Gasteiger partial charge on any atom is 0.267 e. The summed E-state index contributed by atoms with van der Waals surface area (Å²) >= 11 is 0. The number of rotatable bonds is 6. The van der Waals surface area contributed by atoms with Gasteiger partial charge < -0.3 is 4.57 Å². The monoisotopic (exact) mass is 444 g/mol. The lowest BCUT2D eigenvalue weighted by atomic mass is 10.0. The molecule has 1 aromatic heterocycles. The fourth-order valence-corrected chi connectivity index (χ4v) is 4.69. The molecule has 2 aromatic carbocycles. The van der Waals surface area contributed by atoms with Gasteiger partial charge in [-0.25, -0.2) is 10.5 Å². The molecule has 0 saturated carbocycles. The number of benzene rings is 2. The van der Waals surface area contributed by atoms with Gasteiger partial charge in [-0.3, -0.25) is 14.9 Å². The van der Waals surface area contributed by atoms with Gasteiger partial charge >= 0.3 is 0 Å². The fraction of sp³-hybridized carbons (Fsp3) is 0.333. The van der Waals surface area contributed by atoms with Gasteiger partial charge in [0, 0.05) is 41.5 Å². The smallest absolute Gasteiger partial charge is 0.267 e. The summed E-state index contributed by atoms with van der Waals surface area (Å²) in [6, 6.07) is 19.2. The molecule has 0 radical (unpaired) electrons. The minimum Gasteiger partial charge on any atom is -0.323 e. The molecule has 4 rings (SSSR count). The van der Waals surface area contributed by atoms with Gasteiger partial charge in [0.25, 0.3) is 5.91 Å². The lowest BCUT2D eigenvalue weighted by Crippen LogP contribution is -2.41. The molecule has 1 atom stereocenters. The Morgan fingerprint density at radius 1 is 1.15 bits per heavy atom. The first-order chi connectivity index (χ1) is 16.0. The van der Waals surface area contributed by atoms with Crippen molar-refractivity contribution in [3.63, 3.8) is 0 Å². The van der Waals surface area contributed by atoms with E-state index in [0.717, 1.165) is 47.7 Å². The molecule has 172 valence electrons. The quantitative estimate of drug-likeness (QED) is 0.316. The number of aromatic nitrogens is 2. The number of amides is 1. The topological polar surface area (TPSA) is 70.4 Å². The Labute approximate surface area is 195 Å². The van der Waals surface area contributed by atoms with Crippen LogP contribution in [0.15, 0.2) is 60.7 Å². The van der Waals surface area contributed by atoms with Crippen molar-refractivity contribution in [1.29, 1.82) is 0 Å². The normalized spacial score (nSPS) is 17.1. The standard InChI is InChI=1S/C27H32N4O2/c1-19(2)30-16-8-13-24(18-30)31-20(3)26(22-10-5-4-6-11-22)28-27(31)23-12-7-9-21(17-23)14-15-25(32)29-33/h4-7,9-12,14-15,17,19,24,33H,8,13,16,18H2,1-3H3,(H,29,32)/t24-/m1/s1. The molecule has 0 aliphatic carbocycles. The van der Waals surface area contributed by atoms with Crippen LogP contribution in [-0.4, -0.2) is 44.7 Å². The van der Waals surface area contributed by atoms with Crippen LogP contribution in [0.4, 0.5) is 0 Å². The molecule has 6 heteroatoms. The molecule has 1 amide bonds. The zero-order chi connectivity index (χ0) is 23.4. The number of carbonyl (C=O) groups excluding carboxylic acids is 1. The summed E-state index contributed by atoms with van der Waals surface area (Å²) in [5.74, 6) is 0.393. The van der Waals surface area contributed by atoms with E-state index in [1.54, 1.807) is 11.6 Å². The Bertz CT molecular complexity index is 1130. The fourth-order valence-electron chi connectivity index (χ4n) is 4.69. The van der Waals surface area contributed by atoms with E-state index in [1.807, 2.05) is 36.4 Å². The summed E-state index contributed by atoms with van der Waals surface area (Å²) in [5.41, 5.74) is 6.80. The number of nitrogens with zero attached hydrogens (tertiary/aromatic N) is 3. The van der Waals surface area contributed by atoms with Crippen molar-refractivity contribution in [2.75, 3.05) is 13.1 Å². The molecule has 3 aromatic rings. The van der Waals surface area contributed by atoms with Crippen LogP contribution in [0, 0.1) is 6.92 Å². The largest absolute Gasteiger partial charge is 0.323 e. The molecule has 6 nitrogen and oxygen atoms in total. The number of hydrogen-bond donors (Lipinski definition) is 2. The molecular formula is C27H32N4O2. The van der Waals surface area contributed by atoms with E-state index in [9.17, 15) is 4.79 Å². The second-order valence-electron chi connectivity index (χ2n) is 8.93. The third-order valence-corrected chi connectivity index (χ3v) is 6.40. The van der Waals surface area contributed by atoms with Gasteiger partial charge in [-0.1, -0.05) is 48.5 Å². The van der Waals surface area contributed by atoms with Crippen LogP contribution >= 0.6 is 0 Å². The second kappa shape index (κ2) is 10.1. The van der Waals surface area contributed by atoms with E-state index in [-0.39, 0.29) is 0 Å². The highest BCUT2D eigenvalue weighted by atomic mass is 16.5. The van der Waals surface area contributed by atoms with Crippen molar-refractivity contribution in [3.05, 3.63) is 71.9 Å². The minimum absolute atomic E-state index is 0.348. The highest BCUT2D eigenvalue weighted by Gasteiger charge is 2.28. The Morgan fingerprint density at radius 3 is 2.64 bits per heavy atom. The first kappa shape index (κ1) is 23.0. The number of hydrogen-bond acceptors (Lipinski definition) is 4. The molecule has 1 fully saturated rings. The van der Waals surface area contributed by atoms with Crippen LogP contribution < -0.4 is 5.48 Å². The predicted molar refractivity (Wildman–Crippen MR) is 132 cm³/mol. The zero-order valence-corrected chi connectivity index (χ0v) is 19.5. The number of nitrogens with one attached hydrogen (secondary N) is 1. The molecular weight excluding hydrogens is 412 g/mol. The summed E-state index contributed by atoms with van der Waals surface area (Å²) in [7, 11) is 0. The van der Waals surface area contributed by atoms with Gasteiger partial charge in [0.2, 0.25) is 0 Å². The van der Waals surface area contributed by atoms with Gasteiger partial charge in [-0.05, 0) is 57.9 Å². The number of likely N-dealkylation sites (tertiary alicyclic amines) is 1. The van der Waals surface area contributed by atoms with Crippen molar-refractivity contribution < 1.29 is 10.0 Å². The van der Waals surface area contributed by atoms with Gasteiger partial charge in [-0.15, -0.1) is 0 Å². The van der Waals surface area contributed by atoms with E-state index in [2.05, 4.69) is 48.4 Å². The SMILES string of the molecule is Cc1c(-c2ccccc2)nc(-c2cccc(C=CC(=O)NO)c2)n1[C@@H]1CCCN(C(C)C)C1. The summed E-state index contributed by atoms with van der Waals surface area (Å²) < 4.78 is 2.42. The molecule has 0 unspecified atom stereocenters. The molecule has 33 heavy (non-hydrogen) atoms. The lowest BCUT2D eigenvalue weighted by Gasteiger charge is -2.37. The maximum absolute atomic E-state index is 11.4. The van der Waals surface area contributed by atoms with Crippen LogP contribution in [-0.2, 0) is 4.79 Å². The molecule has 2 heterocycles. The Hall–Kier alpha value is -3.22. The third-order valence-electron chi connectivity index (χ3n) is 6.40. The van der Waals surface area contributed by atoms with Gasteiger partial charge in [-0.2, -0.15) is 0 Å². The second-order valence-corrected chi connectivity index (χ2v) is 8.93. The van der Waals surface area contributed by atoms with Crippen molar-refractivity contribution >= 4 is 12.0 Å². The van der Waals surface area contributed by atoms with E-state index in [4.69, 9.17) is 10.2 Å². The molecule has 1 aliphatic rings. The maximum atomic E-state index is 11.4. The highest BCUT2D eigenvalue weighted by Crippen LogP contribution is 2.35. The first-order valence-corrected chi connectivity index (χ1v) is 11.6. The van der Waals surface area contributed by atoms with Crippen molar-refractivity contribution in [2.24, 2.45) is 0 Å². The number of piperidine rings is 1. The van der Waals surface area contributed by atoms with E-state index in [1.165, 1.54) is 18.2 Å². The summed E-state index contributed by atoms with van der Waals surface area (Å²) in [6.07, 6.45) is 5.29. The van der Waals surface area contributed by atoms with E-state index in [0.29, 0.717) is 12.1 Å². The average Bonchev–Trinajstić information content (AvgIpc) is 3.20. The zero-order valence-electron chi connectivity index (χ0n) is 19.5. The Morgan fingerprint density at radius 2 is 1.91 bits per heavy atom. The van der Waals surface area contributed by atoms with Crippen LogP contribution in [0.25, 0.3) is 28.7 Å². The van der Waals surface area contributed by atoms with Gasteiger partial charge in [0.05, 0.1) is 5.69 Å². The highest BCUT2D eigenvalue weighted by molar-refractivity contribution is 5.91. The average molecular weight is 445 g/mol. The first-order valence-electron chi connectivity index (χ1n) is 11.6. The molecule has 2 N–H and O–H groups in total. The summed E-state index contributed by atoms with van der Waals surface area (Å²) in [4.78, 5) is 19.1. The van der Waals surface area contributed by atoms with Crippen molar-refractivity contribution in [3.8, 4) is 22.6 Å². The molecule has 0 bridgehead atoms. The summed E-state index contributed by atoms with van der Waals surface area (Å²) in [5, 5.41) is 8.76. The number of carbonyl (C=O) groups is 1. The van der Waals surface area contributed by atoms with Gasteiger partial charge in [0.15, 0.2) is 0 Å². The van der Waals surface area contributed by atoms with Crippen LogP contribution in [0.3, 0.4) is 0 Å². The predicted octanol–water partition coefficient (Wildman–Crippen LogP) is 5.09. The van der Waals surface area contributed by atoms with Crippen molar-refractivity contribution in [1.82, 2.24) is 19.9 Å². The van der Waals surface area contributed by atoms with Crippen molar-refractivity contribution in [2.45, 2.75) is 45.7 Å². The molecule has 0 spiro atoms. The minimum atomic E-state index is -0.555. The van der Waals surface area contributed by atoms with Crippen LogP contribution in [0.5, 0.6) is 0 Å². The Balaban J connectivity index is 1.80. The number of hydroxylamine groups is 1. The van der Waals surface area contributed by atoms with E-state index < -0.39 is 5.91 Å². The van der Waals surface area contributed by atoms with Crippen LogP contribution in [0.2, 0.25) is 0 Å². The Kier molecular flexibility index (Phi) is 7.06.